The van der Waals surface area contributed by atoms with Crippen molar-refractivity contribution in [2.24, 2.45) is 0 Å². The summed E-state index contributed by atoms with van der Waals surface area (Å²) in [6.45, 7) is 0. The molecule has 1 unspecified atom stereocenters. The second-order valence-electron chi connectivity index (χ2n) is 3.34. The number of benzene rings is 1. The van der Waals surface area contributed by atoms with Crippen LogP contribution in [0.25, 0.3) is 0 Å². The van der Waals surface area contributed by atoms with Gasteiger partial charge in [0.05, 0.1) is 6.07 Å². The Labute approximate surface area is 97.4 Å². The lowest BCUT2D eigenvalue weighted by atomic mass is 9.99. The molecule has 0 aliphatic rings. The molecule has 0 N–H and O–H groups in total. The predicted octanol–water partition coefficient (Wildman–Crippen LogP) is 1.89. The van der Waals surface area contributed by atoms with E-state index in [0.29, 0.717) is 5.56 Å². The fourth-order valence-electron chi connectivity index (χ4n) is 1.21. The molecule has 0 saturated carbocycles. The number of nitriles is 1. The van der Waals surface area contributed by atoms with Gasteiger partial charge in [0.1, 0.15) is 0 Å². The van der Waals surface area contributed by atoms with E-state index in [1.54, 1.807) is 38.4 Å². The summed E-state index contributed by atoms with van der Waals surface area (Å²) in [4.78, 5) is 13.2. The Balaban J connectivity index is 3.19. The molecule has 0 aliphatic carbocycles. The molecule has 0 radical (unpaired) electrons. The summed E-state index contributed by atoms with van der Waals surface area (Å²) >= 11 is 3.21. The SMILES string of the molecule is CN(C)C(=O)C(Br)(C#N)c1ccccc1. The summed E-state index contributed by atoms with van der Waals surface area (Å²) in [6, 6.07) is 10.9. The average molecular weight is 267 g/mol. The average Bonchev–Trinajstić information content (AvgIpc) is 2.28. The van der Waals surface area contributed by atoms with Gasteiger partial charge in [0, 0.05) is 14.1 Å². The number of hydrogen-bond donors (Lipinski definition) is 0. The van der Waals surface area contributed by atoms with Crippen LogP contribution in [0.1, 0.15) is 5.56 Å². The summed E-state index contributed by atoms with van der Waals surface area (Å²) in [7, 11) is 3.25. The Kier molecular flexibility index (Phi) is 3.48. The van der Waals surface area contributed by atoms with Crippen LogP contribution >= 0.6 is 15.9 Å². The second-order valence-corrected chi connectivity index (χ2v) is 4.53. The molecule has 0 bridgehead atoms. The topological polar surface area (TPSA) is 44.1 Å². The summed E-state index contributed by atoms with van der Waals surface area (Å²) < 4.78 is -1.28. The minimum atomic E-state index is -1.28. The van der Waals surface area contributed by atoms with E-state index in [4.69, 9.17) is 5.26 Å². The summed E-state index contributed by atoms with van der Waals surface area (Å²) in [6.07, 6.45) is 0. The van der Waals surface area contributed by atoms with E-state index in [1.807, 2.05) is 12.1 Å². The van der Waals surface area contributed by atoms with Crippen molar-refractivity contribution in [2.75, 3.05) is 14.1 Å². The molecule has 0 spiro atoms. The van der Waals surface area contributed by atoms with Crippen LogP contribution in [-0.4, -0.2) is 24.9 Å². The second kappa shape index (κ2) is 4.45. The van der Waals surface area contributed by atoms with Gasteiger partial charge in [0.25, 0.3) is 5.91 Å². The highest BCUT2D eigenvalue weighted by Gasteiger charge is 2.38. The summed E-state index contributed by atoms with van der Waals surface area (Å²) in [5.74, 6) is -0.281. The van der Waals surface area contributed by atoms with Crippen LogP contribution < -0.4 is 0 Å². The highest BCUT2D eigenvalue weighted by atomic mass is 79.9. The fourth-order valence-corrected chi connectivity index (χ4v) is 1.83. The van der Waals surface area contributed by atoms with Gasteiger partial charge in [-0.15, -0.1) is 0 Å². The minimum Gasteiger partial charge on any atom is -0.346 e. The van der Waals surface area contributed by atoms with Gasteiger partial charge < -0.3 is 4.90 Å². The first-order valence-electron chi connectivity index (χ1n) is 4.40. The van der Waals surface area contributed by atoms with Gasteiger partial charge in [-0.2, -0.15) is 5.26 Å². The number of alkyl halides is 1. The quantitative estimate of drug-likeness (QED) is 0.768. The maximum Gasteiger partial charge on any atom is 0.258 e. The van der Waals surface area contributed by atoms with Crippen molar-refractivity contribution in [1.29, 1.82) is 5.26 Å². The highest BCUT2D eigenvalue weighted by molar-refractivity contribution is 9.10. The molecule has 0 heterocycles. The van der Waals surface area contributed by atoms with Crippen molar-refractivity contribution >= 4 is 21.8 Å². The Bertz CT molecular complexity index is 397. The normalized spacial score (nSPS) is 13.7. The van der Waals surface area contributed by atoms with Crippen LogP contribution in [0.3, 0.4) is 0 Å². The van der Waals surface area contributed by atoms with E-state index in [9.17, 15) is 4.79 Å². The molecular weight excluding hydrogens is 256 g/mol. The van der Waals surface area contributed by atoms with E-state index in [1.165, 1.54) is 4.90 Å². The first kappa shape index (κ1) is 11.7. The Hall–Kier alpha value is -1.34. The zero-order valence-corrected chi connectivity index (χ0v) is 10.2. The minimum absolute atomic E-state index is 0.281. The molecule has 1 atom stereocenters. The molecule has 1 aromatic carbocycles. The molecule has 4 heteroatoms. The van der Waals surface area contributed by atoms with Gasteiger partial charge in [-0.25, -0.2) is 0 Å². The smallest absolute Gasteiger partial charge is 0.258 e. The lowest BCUT2D eigenvalue weighted by molar-refractivity contribution is -0.129. The molecule has 0 saturated heterocycles. The van der Waals surface area contributed by atoms with Crippen LogP contribution in [-0.2, 0) is 9.12 Å². The van der Waals surface area contributed by atoms with Crippen molar-refractivity contribution in [2.45, 2.75) is 4.32 Å². The number of hydrogen-bond acceptors (Lipinski definition) is 2. The molecule has 0 fully saturated rings. The van der Waals surface area contributed by atoms with E-state index >= 15 is 0 Å². The third kappa shape index (κ3) is 2.18. The Morgan fingerprint density at radius 3 is 2.33 bits per heavy atom. The zero-order chi connectivity index (χ0) is 11.5. The van der Waals surface area contributed by atoms with Gasteiger partial charge in [-0.3, -0.25) is 4.79 Å². The molecule has 1 aromatic rings. The monoisotopic (exact) mass is 266 g/mol. The first-order valence-corrected chi connectivity index (χ1v) is 5.19. The van der Waals surface area contributed by atoms with Crippen molar-refractivity contribution in [3.8, 4) is 6.07 Å². The number of likely N-dealkylation sites (N-methyl/N-ethyl adjacent to an activating group) is 1. The van der Waals surface area contributed by atoms with Crippen molar-refractivity contribution < 1.29 is 4.79 Å². The number of nitrogens with zero attached hydrogens (tertiary/aromatic N) is 2. The molecule has 1 rings (SSSR count). The van der Waals surface area contributed by atoms with Gasteiger partial charge in [-0.1, -0.05) is 46.3 Å². The third-order valence-electron chi connectivity index (χ3n) is 2.03. The highest BCUT2D eigenvalue weighted by Crippen LogP contribution is 2.32. The van der Waals surface area contributed by atoms with Crippen LogP contribution in [0.4, 0.5) is 0 Å². The van der Waals surface area contributed by atoms with Crippen molar-refractivity contribution in [3.05, 3.63) is 35.9 Å². The summed E-state index contributed by atoms with van der Waals surface area (Å²) in [5.41, 5.74) is 0.645. The van der Waals surface area contributed by atoms with Gasteiger partial charge in [-0.05, 0) is 5.56 Å². The fraction of sp³-hybridized carbons (Fsp3) is 0.273. The zero-order valence-electron chi connectivity index (χ0n) is 8.57. The number of rotatable bonds is 2. The van der Waals surface area contributed by atoms with E-state index in [0.717, 1.165) is 0 Å². The molecule has 0 aliphatic heterocycles. The van der Waals surface area contributed by atoms with Crippen LogP contribution in [0.5, 0.6) is 0 Å². The Morgan fingerprint density at radius 2 is 1.93 bits per heavy atom. The van der Waals surface area contributed by atoms with Gasteiger partial charge in [0.15, 0.2) is 0 Å². The lowest BCUT2D eigenvalue weighted by Crippen LogP contribution is -2.38. The summed E-state index contributed by atoms with van der Waals surface area (Å²) in [5, 5.41) is 9.11. The van der Waals surface area contributed by atoms with Crippen molar-refractivity contribution in [3.63, 3.8) is 0 Å². The van der Waals surface area contributed by atoms with Crippen LogP contribution in [0.2, 0.25) is 0 Å². The predicted molar refractivity (Wildman–Crippen MR) is 61.4 cm³/mol. The number of halogens is 1. The van der Waals surface area contributed by atoms with Crippen LogP contribution in [0, 0.1) is 11.3 Å². The maximum absolute atomic E-state index is 11.9. The number of carbonyl (C=O) groups excluding carboxylic acids is 1. The van der Waals surface area contributed by atoms with Gasteiger partial charge in [0.2, 0.25) is 4.32 Å². The molecule has 3 nitrogen and oxygen atoms in total. The number of carbonyl (C=O) groups is 1. The van der Waals surface area contributed by atoms with Gasteiger partial charge >= 0.3 is 0 Å². The molecule has 1 amide bonds. The largest absolute Gasteiger partial charge is 0.346 e. The van der Waals surface area contributed by atoms with E-state index in [2.05, 4.69) is 15.9 Å². The lowest BCUT2D eigenvalue weighted by Gasteiger charge is -2.22. The number of amides is 1. The molecule has 78 valence electrons. The van der Waals surface area contributed by atoms with Crippen molar-refractivity contribution in [1.82, 2.24) is 4.90 Å². The maximum atomic E-state index is 11.9. The van der Waals surface area contributed by atoms with E-state index < -0.39 is 4.32 Å². The third-order valence-corrected chi connectivity index (χ3v) is 3.00. The molecular formula is C11H11BrN2O. The Morgan fingerprint density at radius 1 is 1.40 bits per heavy atom. The van der Waals surface area contributed by atoms with E-state index in [-0.39, 0.29) is 5.91 Å². The standard InChI is InChI=1S/C11H11BrN2O/c1-14(2)10(15)11(12,8-13)9-6-4-3-5-7-9/h3-7H,1-2H3. The van der Waals surface area contributed by atoms with Crippen LogP contribution in [0.15, 0.2) is 30.3 Å². The molecule has 15 heavy (non-hydrogen) atoms. The first-order chi connectivity index (χ1) is 7.02. The molecule has 0 aromatic heterocycles.